The molecule has 90 valence electrons. The van der Waals surface area contributed by atoms with Crippen LogP contribution in [0.15, 0.2) is 18.2 Å². The second-order valence-corrected chi connectivity index (χ2v) is 3.50. The van der Waals surface area contributed by atoms with E-state index in [1.807, 2.05) is 0 Å². The second kappa shape index (κ2) is 5.69. The Labute approximate surface area is 94.3 Å². The van der Waals surface area contributed by atoms with E-state index in [1.54, 1.807) is 13.1 Å². The van der Waals surface area contributed by atoms with Crippen molar-refractivity contribution in [2.45, 2.75) is 12.2 Å². The molecule has 0 fully saturated rings. The van der Waals surface area contributed by atoms with Crippen LogP contribution in [0.25, 0.3) is 0 Å². The second-order valence-electron chi connectivity index (χ2n) is 3.50. The van der Waals surface area contributed by atoms with Gasteiger partial charge in [-0.05, 0) is 24.7 Å². The van der Waals surface area contributed by atoms with Gasteiger partial charge in [-0.25, -0.2) is 0 Å². The number of likely N-dealkylation sites (N-methyl/N-ethyl adjacent to an activating group) is 1. The number of aromatic hydroxyl groups is 1. The minimum absolute atomic E-state index is 0.00144. The highest BCUT2D eigenvalue weighted by Crippen LogP contribution is 2.29. The van der Waals surface area contributed by atoms with Crippen molar-refractivity contribution in [1.82, 2.24) is 5.32 Å². The summed E-state index contributed by atoms with van der Waals surface area (Å²) in [5.41, 5.74) is 0.498. The van der Waals surface area contributed by atoms with Gasteiger partial charge in [-0.2, -0.15) is 0 Å². The Kier molecular flexibility index (Phi) is 4.54. The fraction of sp³-hybridized carbons (Fsp3) is 0.455. The first-order valence-corrected chi connectivity index (χ1v) is 4.97. The van der Waals surface area contributed by atoms with E-state index < -0.39 is 12.2 Å². The molecule has 0 aromatic heterocycles. The van der Waals surface area contributed by atoms with Crippen molar-refractivity contribution in [2.75, 3.05) is 20.7 Å². The van der Waals surface area contributed by atoms with Crippen molar-refractivity contribution in [1.29, 1.82) is 0 Å². The smallest absolute Gasteiger partial charge is 0.160 e. The summed E-state index contributed by atoms with van der Waals surface area (Å²) in [5.74, 6) is 0.273. The van der Waals surface area contributed by atoms with Crippen LogP contribution >= 0.6 is 0 Å². The molecular weight excluding hydrogens is 210 g/mol. The molecule has 0 radical (unpaired) electrons. The van der Waals surface area contributed by atoms with Crippen molar-refractivity contribution in [3.63, 3.8) is 0 Å². The van der Waals surface area contributed by atoms with Crippen molar-refractivity contribution in [3.8, 4) is 11.5 Å². The number of aliphatic hydroxyl groups is 2. The van der Waals surface area contributed by atoms with Gasteiger partial charge in [0.25, 0.3) is 0 Å². The molecule has 0 saturated carbocycles. The molecule has 0 aliphatic carbocycles. The molecule has 2 unspecified atom stereocenters. The molecule has 0 amide bonds. The summed E-state index contributed by atoms with van der Waals surface area (Å²) in [7, 11) is 3.11. The largest absolute Gasteiger partial charge is 0.504 e. The molecule has 0 aliphatic rings. The van der Waals surface area contributed by atoms with Crippen LogP contribution in [0.3, 0.4) is 0 Å². The van der Waals surface area contributed by atoms with Gasteiger partial charge in [0, 0.05) is 6.54 Å². The van der Waals surface area contributed by atoms with Gasteiger partial charge in [0.15, 0.2) is 11.5 Å². The molecule has 0 saturated heterocycles. The van der Waals surface area contributed by atoms with Gasteiger partial charge >= 0.3 is 0 Å². The lowest BCUT2D eigenvalue weighted by Gasteiger charge is -2.18. The van der Waals surface area contributed by atoms with Crippen molar-refractivity contribution in [3.05, 3.63) is 23.8 Å². The lowest BCUT2D eigenvalue weighted by molar-refractivity contribution is 0.0201. The van der Waals surface area contributed by atoms with Gasteiger partial charge < -0.3 is 25.4 Å². The standard InChI is InChI=1S/C11H17NO4/c1-12-6-9(14)11(15)7-3-4-8(13)10(5-7)16-2/h3-5,9,11-15H,6H2,1-2H3. The number of phenolic OH excluding ortho intramolecular Hbond substituents is 1. The third-order valence-corrected chi connectivity index (χ3v) is 2.32. The van der Waals surface area contributed by atoms with Crippen molar-refractivity contribution >= 4 is 0 Å². The number of methoxy groups -OCH3 is 1. The molecule has 1 aromatic rings. The number of hydrogen-bond donors (Lipinski definition) is 4. The van der Waals surface area contributed by atoms with Crippen LogP contribution in [0.5, 0.6) is 11.5 Å². The number of nitrogens with one attached hydrogen (secondary N) is 1. The Morgan fingerprint density at radius 2 is 2.06 bits per heavy atom. The summed E-state index contributed by atoms with van der Waals surface area (Å²) in [6.45, 7) is 0.282. The highest BCUT2D eigenvalue weighted by atomic mass is 16.5. The highest BCUT2D eigenvalue weighted by Gasteiger charge is 2.18. The third-order valence-electron chi connectivity index (χ3n) is 2.32. The molecule has 0 heterocycles. The Balaban J connectivity index is 2.87. The van der Waals surface area contributed by atoms with Gasteiger partial charge in [0.05, 0.1) is 13.2 Å². The number of aliphatic hydroxyl groups excluding tert-OH is 2. The zero-order chi connectivity index (χ0) is 12.1. The Bertz CT molecular complexity index is 343. The monoisotopic (exact) mass is 227 g/mol. The molecule has 16 heavy (non-hydrogen) atoms. The zero-order valence-corrected chi connectivity index (χ0v) is 9.34. The number of phenols is 1. The van der Waals surface area contributed by atoms with Crippen LogP contribution in [0, 0.1) is 0 Å². The molecular formula is C11H17NO4. The van der Waals surface area contributed by atoms with E-state index in [1.165, 1.54) is 19.2 Å². The summed E-state index contributed by atoms with van der Waals surface area (Å²) in [5, 5.41) is 31.5. The molecule has 1 rings (SSSR count). The minimum atomic E-state index is -1.01. The van der Waals surface area contributed by atoms with E-state index >= 15 is 0 Å². The molecule has 5 nitrogen and oxygen atoms in total. The average Bonchev–Trinajstić information content (AvgIpc) is 2.29. The lowest BCUT2D eigenvalue weighted by Crippen LogP contribution is -2.29. The molecule has 5 heteroatoms. The van der Waals surface area contributed by atoms with Crippen LogP contribution in [-0.2, 0) is 0 Å². The van der Waals surface area contributed by atoms with Crippen molar-refractivity contribution < 1.29 is 20.1 Å². The topological polar surface area (TPSA) is 82.0 Å². The first kappa shape index (κ1) is 12.8. The third kappa shape index (κ3) is 2.85. The maximum atomic E-state index is 9.80. The predicted molar refractivity (Wildman–Crippen MR) is 59.6 cm³/mol. The number of benzene rings is 1. The van der Waals surface area contributed by atoms with Crippen LogP contribution in [-0.4, -0.2) is 42.1 Å². The first-order valence-electron chi connectivity index (χ1n) is 4.97. The lowest BCUT2D eigenvalue weighted by atomic mass is 10.0. The summed E-state index contributed by atoms with van der Waals surface area (Å²) in [4.78, 5) is 0. The maximum Gasteiger partial charge on any atom is 0.160 e. The first-order chi connectivity index (χ1) is 7.60. The van der Waals surface area contributed by atoms with Gasteiger partial charge in [-0.3, -0.25) is 0 Å². The molecule has 0 spiro atoms. The van der Waals surface area contributed by atoms with Gasteiger partial charge in [-0.1, -0.05) is 6.07 Å². The van der Waals surface area contributed by atoms with E-state index in [4.69, 9.17) is 4.74 Å². The highest BCUT2D eigenvalue weighted by molar-refractivity contribution is 5.42. The normalized spacial score (nSPS) is 14.5. The number of hydrogen-bond acceptors (Lipinski definition) is 5. The summed E-state index contributed by atoms with van der Waals surface area (Å²) >= 11 is 0. The fourth-order valence-corrected chi connectivity index (χ4v) is 1.42. The number of ether oxygens (including phenoxy) is 1. The molecule has 0 bridgehead atoms. The van der Waals surface area contributed by atoms with Crippen LogP contribution < -0.4 is 10.1 Å². The molecule has 2 atom stereocenters. The van der Waals surface area contributed by atoms with Gasteiger partial charge in [0.2, 0.25) is 0 Å². The Morgan fingerprint density at radius 1 is 1.38 bits per heavy atom. The van der Waals surface area contributed by atoms with E-state index in [-0.39, 0.29) is 18.0 Å². The quantitative estimate of drug-likeness (QED) is 0.570. The van der Waals surface area contributed by atoms with E-state index in [2.05, 4.69) is 5.32 Å². The van der Waals surface area contributed by atoms with Gasteiger partial charge in [-0.15, -0.1) is 0 Å². The van der Waals surface area contributed by atoms with Crippen LogP contribution in [0.2, 0.25) is 0 Å². The number of rotatable bonds is 5. The molecule has 1 aromatic carbocycles. The van der Waals surface area contributed by atoms with Crippen LogP contribution in [0.4, 0.5) is 0 Å². The molecule has 4 N–H and O–H groups in total. The zero-order valence-electron chi connectivity index (χ0n) is 9.34. The maximum absolute atomic E-state index is 9.80. The van der Waals surface area contributed by atoms with E-state index in [0.717, 1.165) is 0 Å². The summed E-state index contributed by atoms with van der Waals surface area (Å²) in [6.07, 6.45) is -1.92. The molecule has 0 aliphatic heterocycles. The van der Waals surface area contributed by atoms with E-state index in [0.29, 0.717) is 5.56 Å². The summed E-state index contributed by atoms with van der Waals surface area (Å²) < 4.78 is 4.92. The minimum Gasteiger partial charge on any atom is -0.504 e. The Morgan fingerprint density at radius 3 is 2.62 bits per heavy atom. The average molecular weight is 227 g/mol. The van der Waals surface area contributed by atoms with Crippen LogP contribution in [0.1, 0.15) is 11.7 Å². The fourth-order valence-electron chi connectivity index (χ4n) is 1.42. The van der Waals surface area contributed by atoms with E-state index in [9.17, 15) is 15.3 Å². The Hall–Kier alpha value is -1.30. The van der Waals surface area contributed by atoms with Gasteiger partial charge in [0.1, 0.15) is 6.10 Å². The predicted octanol–water partition coefficient (Wildman–Crippen LogP) is 0.0145. The summed E-state index contributed by atoms with van der Waals surface area (Å²) in [6, 6.07) is 4.46. The van der Waals surface area contributed by atoms with Crippen molar-refractivity contribution in [2.24, 2.45) is 0 Å². The SMILES string of the molecule is CNCC(O)C(O)c1ccc(O)c(OC)c1.